The summed E-state index contributed by atoms with van der Waals surface area (Å²) in [6.45, 7) is 3.34. The lowest BCUT2D eigenvalue weighted by atomic mass is 10.1. The quantitative estimate of drug-likeness (QED) is 0.732. The molecule has 0 unspecified atom stereocenters. The van der Waals surface area contributed by atoms with Crippen LogP contribution in [0.15, 0.2) is 24.3 Å². The second-order valence-electron chi connectivity index (χ2n) is 5.20. The third-order valence-corrected chi connectivity index (χ3v) is 3.60. The van der Waals surface area contributed by atoms with Gasteiger partial charge in [0.05, 0.1) is 19.3 Å². The summed E-state index contributed by atoms with van der Waals surface area (Å²) in [7, 11) is 1.72. The fourth-order valence-corrected chi connectivity index (χ4v) is 2.51. The van der Waals surface area contributed by atoms with Crippen molar-refractivity contribution in [3.63, 3.8) is 0 Å². The molecule has 0 aliphatic heterocycles. The van der Waals surface area contributed by atoms with Crippen molar-refractivity contribution < 1.29 is 9.47 Å². The molecule has 3 nitrogen and oxygen atoms in total. The SMILES string of the molecule is COCc1ccc(CNCCOC2CCCC2)cc1. The number of ether oxygens (including phenoxy) is 2. The highest BCUT2D eigenvalue weighted by molar-refractivity contribution is 5.21. The van der Waals surface area contributed by atoms with Gasteiger partial charge in [0, 0.05) is 20.2 Å². The molecule has 0 saturated heterocycles. The van der Waals surface area contributed by atoms with Crippen LogP contribution in [0.3, 0.4) is 0 Å². The molecule has 106 valence electrons. The van der Waals surface area contributed by atoms with E-state index in [2.05, 4.69) is 29.6 Å². The van der Waals surface area contributed by atoms with Gasteiger partial charge in [0.2, 0.25) is 0 Å². The molecule has 1 saturated carbocycles. The molecule has 0 spiro atoms. The van der Waals surface area contributed by atoms with Gasteiger partial charge in [-0.1, -0.05) is 37.1 Å². The van der Waals surface area contributed by atoms with E-state index in [-0.39, 0.29) is 0 Å². The van der Waals surface area contributed by atoms with Crippen LogP contribution in [-0.2, 0) is 22.6 Å². The number of methoxy groups -OCH3 is 1. The molecule has 0 heterocycles. The zero-order valence-electron chi connectivity index (χ0n) is 11.9. The molecule has 0 bridgehead atoms. The second kappa shape index (κ2) is 8.31. The molecular formula is C16H25NO2. The molecule has 1 aromatic rings. The summed E-state index contributed by atoms with van der Waals surface area (Å²) < 4.78 is 10.9. The standard InChI is InChI=1S/C16H25NO2/c1-18-13-15-8-6-14(7-9-15)12-17-10-11-19-16-4-2-3-5-16/h6-9,16-17H,2-5,10-13H2,1H3. The van der Waals surface area contributed by atoms with Crippen LogP contribution in [0, 0.1) is 0 Å². The molecule has 0 aromatic heterocycles. The van der Waals surface area contributed by atoms with Crippen LogP contribution in [0.2, 0.25) is 0 Å². The number of hydrogen-bond donors (Lipinski definition) is 1. The molecule has 1 N–H and O–H groups in total. The average Bonchev–Trinajstić information content (AvgIpc) is 2.94. The monoisotopic (exact) mass is 263 g/mol. The van der Waals surface area contributed by atoms with Gasteiger partial charge in [-0.25, -0.2) is 0 Å². The molecular weight excluding hydrogens is 238 g/mol. The Morgan fingerprint density at radius 2 is 1.79 bits per heavy atom. The smallest absolute Gasteiger partial charge is 0.0713 e. The number of nitrogens with one attached hydrogen (secondary N) is 1. The molecule has 1 aliphatic rings. The maximum absolute atomic E-state index is 5.81. The predicted octanol–water partition coefficient (Wildman–Crippen LogP) is 2.88. The van der Waals surface area contributed by atoms with E-state index in [0.717, 1.165) is 19.7 Å². The molecule has 0 amide bonds. The first-order valence-corrected chi connectivity index (χ1v) is 7.27. The Kier molecular flexibility index (Phi) is 6.34. The highest BCUT2D eigenvalue weighted by atomic mass is 16.5. The van der Waals surface area contributed by atoms with Gasteiger partial charge in [-0.2, -0.15) is 0 Å². The van der Waals surface area contributed by atoms with Crippen LogP contribution in [0.5, 0.6) is 0 Å². The molecule has 1 fully saturated rings. The van der Waals surface area contributed by atoms with Crippen molar-refractivity contribution in [3.05, 3.63) is 35.4 Å². The maximum atomic E-state index is 5.81. The first-order valence-electron chi connectivity index (χ1n) is 7.27. The Morgan fingerprint density at radius 1 is 1.11 bits per heavy atom. The first kappa shape index (κ1) is 14.5. The van der Waals surface area contributed by atoms with Crippen LogP contribution < -0.4 is 5.32 Å². The molecule has 0 radical (unpaired) electrons. The van der Waals surface area contributed by atoms with Crippen molar-refractivity contribution in [1.29, 1.82) is 0 Å². The van der Waals surface area contributed by atoms with E-state index < -0.39 is 0 Å². The third kappa shape index (κ3) is 5.31. The number of benzene rings is 1. The van der Waals surface area contributed by atoms with Gasteiger partial charge in [0.15, 0.2) is 0 Å². The van der Waals surface area contributed by atoms with Crippen LogP contribution in [0.4, 0.5) is 0 Å². The van der Waals surface area contributed by atoms with Crippen molar-refractivity contribution in [2.75, 3.05) is 20.3 Å². The van der Waals surface area contributed by atoms with Gasteiger partial charge >= 0.3 is 0 Å². The maximum Gasteiger partial charge on any atom is 0.0713 e. The molecule has 3 heteroatoms. The van der Waals surface area contributed by atoms with E-state index in [4.69, 9.17) is 9.47 Å². The number of rotatable bonds is 8. The Morgan fingerprint density at radius 3 is 2.47 bits per heavy atom. The van der Waals surface area contributed by atoms with Crippen LogP contribution >= 0.6 is 0 Å². The van der Waals surface area contributed by atoms with E-state index >= 15 is 0 Å². The van der Waals surface area contributed by atoms with Crippen molar-refractivity contribution in [3.8, 4) is 0 Å². The molecule has 1 aromatic carbocycles. The van der Waals surface area contributed by atoms with E-state index in [1.54, 1.807) is 7.11 Å². The normalized spacial score (nSPS) is 16.1. The van der Waals surface area contributed by atoms with Crippen molar-refractivity contribution >= 4 is 0 Å². The fraction of sp³-hybridized carbons (Fsp3) is 0.625. The summed E-state index contributed by atoms with van der Waals surface area (Å²) in [5, 5.41) is 3.42. The molecule has 0 atom stereocenters. The highest BCUT2D eigenvalue weighted by Gasteiger charge is 2.14. The summed E-state index contributed by atoms with van der Waals surface area (Å²) in [6, 6.07) is 8.55. The molecule has 19 heavy (non-hydrogen) atoms. The van der Waals surface area contributed by atoms with Gasteiger partial charge in [-0.05, 0) is 24.0 Å². The summed E-state index contributed by atoms with van der Waals surface area (Å²) in [4.78, 5) is 0. The van der Waals surface area contributed by atoms with Crippen LogP contribution in [0.1, 0.15) is 36.8 Å². The predicted molar refractivity (Wildman–Crippen MR) is 77.1 cm³/mol. The summed E-state index contributed by atoms with van der Waals surface area (Å²) >= 11 is 0. The Bertz CT molecular complexity index is 344. The minimum absolute atomic E-state index is 0.523. The van der Waals surface area contributed by atoms with Crippen molar-refractivity contribution in [1.82, 2.24) is 5.32 Å². The van der Waals surface area contributed by atoms with Gasteiger partial charge in [0.25, 0.3) is 0 Å². The summed E-state index contributed by atoms with van der Waals surface area (Å²) in [5.74, 6) is 0. The van der Waals surface area contributed by atoms with Gasteiger partial charge in [0.1, 0.15) is 0 Å². The highest BCUT2D eigenvalue weighted by Crippen LogP contribution is 2.20. The minimum Gasteiger partial charge on any atom is -0.380 e. The lowest BCUT2D eigenvalue weighted by Crippen LogP contribution is -2.21. The topological polar surface area (TPSA) is 30.5 Å². The van der Waals surface area contributed by atoms with Crippen LogP contribution in [0.25, 0.3) is 0 Å². The van der Waals surface area contributed by atoms with Crippen LogP contribution in [-0.4, -0.2) is 26.4 Å². The Labute approximate surface area is 116 Å². The van der Waals surface area contributed by atoms with E-state index in [1.807, 2.05) is 0 Å². The zero-order valence-corrected chi connectivity index (χ0v) is 11.9. The molecule has 2 rings (SSSR count). The Balaban J connectivity index is 1.57. The first-order chi connectivity index (χ1) is 9.38. The van der Waals surface area contributed by atoms with Crippen molar-refractivity contribution in [2.24, 2.45) is 0 Å². The van der Waals surface area contributed by atoms with Gasteiger partial charge in [-0.3, -0.25) is 0 Å². The minimum atomic E-state index is 0.523. The number of hydrogen-bond acceptors (Lipinski definition) is 3. The van der Waals surface area contributed by atoms with E-state index in [0.29, 0.717) is 12.7 Å². The lowest BCUT2D eigenvalue weighted by Gasteiger charge is -2.11. The van der Waals surface area contributed by atoms with Gasteiger partial charge < -0.3 is 14.8 Å². The fourth-order valence-electron chi connectivity index (χ4n) is 2.51. The average molecular weight is 263 g/mol. The summed E-state index contributed by atoms with van der Waals surface area (Å²) in [6.07, 6.45) is 5.70. The lowest BCUT2D eigenvalue weighted by molar-refractivity contribution is 0.0603. The van der Waals surface area contributed by atoms with Crippen molar-refractivity contribution in [2.45, 2.75) is 44.9 Å². The van der Waals surface area contributed by atoms with E-state index in [1.165, 1.54) is 36.8 Å². The zero-order chi connectivity index (χ0) is 13.3. The summed E-state index contributed by atoms with van der Waals surface area (Å²) in [5.41, 5.74) is 2.52. The van der Waals surface area contributed by atoms with Gasteiger partial charge in [-0.15, -0.1) is 0 Å². The van der Waals surface area contributed by atoms with E-state index in [9.17, 15) is 0 Å². The Hall–Kier alpha value is -0.900. The molecule has 1 aliphatic carbocycles. The second-order valence-corrected chi connectivity index (χ2v) is 5.20. The largest absolute Gasteiger partial charge is 0.380 e. The third-order valence-electron chi connectivity index (χ3n) is 3.60.